The van der Waals surface area contributed by atoms with Crippen LogP contribution in [0.3, 0.4) is 0 Å². The Morgan fingerprint density at radius 2 is 1.92 bits per heavy atom. The third-order valence-electron chi connectivity index (χ3n) is 2.20. The lowest BCUT2D eigenvalue weighted by Crippen LogP contribution is -1.90. The van der Waals surface area contributed by atoms with Crippen LogP contribution in [0.5, 0.6) is 0 Å². The molecule has 2 aliphatic rings. The van der Waals surface area contributed by atoms with Crippen LogP contribution in [0.15, 0.2) is 59.3 Å². The topological polar surface area (TPSA) is 17.1 Å². The molecule has 1 nitrogen and oxygen atoms in total. The van der Waals surface area contributed by atoms with E-state index in [4.69, 9.17) is 0 Å². The number of allylic oxidation sites excluding steroid dienone is 10. The molecule has 0 aromatic heterocycles. The van der Waals surface area contributed by atoms with Gasteiger partial charge in [0, 0.05) is 5.57 Å². The maximum absolute atomic E-state index is 10.7. The SMILES string of the molecule is O=CC1=CC=CC2=CC=CC=C1C2. The largest absolute Gasteiger partial charge is 0.298 e. The first-order valence-electron chi connectivity index (χ1n) is 4.30. The average molecular weight is 170 g/mol. The predicted molar refractivity (Wildman–Crippen MR) is 53.2 cm³/mol. The second-order valence-electron chi connectivity index (χ2n) is 3.09. The Hall–Kier alpha value is -1.63. The fourth-order valence-electron chi connectivity index (χ4n) is 1.50. The van der Waals surface area contributed by atoms with Gasteiger partial charge in [-0.25, -0.2) is 0 Å². The molecular formula is C12H10O. The molecule has 0 radical (unpaired) electrons. The summed E-state index contributed by atoms with van der Waals surface area (Å²) in [6, 6.07) is 0. The van der Waals surface area contributed by atoms with E-state index < -0.39 is 0 Å². The van der Waals surface area contributed by atoms with Crippen molar-refractivity contribution in [2.45, 2.75) is 6.42 Å². The van der Waals surface area contributed by atoms with Crippen LogP contribution in [0.1, 0.15) is 6.42 Å². The molecule has 64 valence electrons. The second-order valence-corrected chi connectivity index (χ2v) is 3.09. The van der Waals surface area contributed by atoms with Crippen molar-refractivity contribution < 1.29 is 4.79 Å². The Morgan fingerprint density at radius 1 is 1.08 bits per heavy atom. The van der Waals surface area contributed by atoms with Gasteiger partial charge in [-0.2, -0.15) is 0 Å². The number of rotatable bonds is 1. The van der Waals surface area contributed by atoms with Crippen LogP contribution in [-0.2, 0) is 4.79 Å². The molecule has 0 spiro atoms. The summed E-state index contributed by atoms with van der Waals surface area (Å²) in [6.07, 6.45) is 15.6. The van der Waals surface area contributed by atoms with Gasteiger partial charge >= 0.3 is 0 Å². The minimum absolute atomic E-state index is 0.784. The van der Waals surface area contributed by atoms with E-state index in [9.17, 15) is 4.79 Å². The lowest BCUT2D eigenvalue weighted by atomic mass is 10.0. The first kappa shape index (κ1) is 7.99. The minimum Gasteiger partial charge on any atom is -0.298 e. The van der Waals surface area contributed by atoms with Crippen LogP contribution in [0.2, 0.25) is 0 Å². The van der Waals surface area contributed by atoms with Crippen LogP contribution in [-0.4, -0.2) is 6.29 Å². The van der Waals surface area contributed by atoms with Gasteiger partial charge in [0.2, 0.25) is 0 Å². The van der Waals surface area contributed by atoms with Gasteiger partial charge in [0.1, 0.15) is 6.29 Å². The number of hydrogen-bond donors (Lipinski definition) is 0. The molecule has 0 saturated heterocycles. The van der Waals surface area contributed by atoms with Gasteiger partial charge in [-0.05, 0) is 17.6 Å². The van der Waals surface area contributed by atoms with Gasteiger partial charge in [-0.1, -0.05) is 42.5 Å². The predicted octanol–water partition coefficient (Wildman–Crippen LogP) is 2.49. The van der Waals surface area contributed by atoms with Crippen LogP contribution in [0.25, 0.3) is 0 Å². The van der Waals surface area contributed by atoms with E-state index in [1.807, 2.05) is 36.5 Å². The highest BCUT2D eigenvalue weighted by molar-refractivity contribution is 5.82. The van der Waals surface area contributed by atoms with E-state index in [-0.39, 0.29) is 0 Å². The Balaban J connectivity index is 2.49. The van der Waals surface area contributed by atoms with Crippen molar-refractivity contribution in [3.63, 3.8) is 0 Å². The maximum atomic E-state index is 10.7. The number of fused-ring (bicyclic) bond motifs is 2. The third-order valence-corrected chi connectivity index (χ3v) is 2.20. The first-order valence-corrected chi connectivity index (χ1v) is 4.30. The molecule has 0 aromatic rings. The van der Waals surface area contributed by atoms with Gasteiger partial charge in [-0.3, -0.25) is 4.79 Å². The van der Waals surface area contributed by atoms with Gasteiger partial charge < -0.3 is 0 Å². The smallest absolute Gasteiger partial charge is 0.150 e. The fourth-order valence-corrected chi connectivity index (χ4v) is 1.50. The van der Waals surface area contributed by atoms with E-state index in [1.54, 1.807) is 0 Å². The highest BCUT2D eigenvalue weighted by atomic mass is 16.1. The van der Waals surface area contributed by atoms with Crippen molar-refractivity contribution in [2.24, 2.45) is 0 Å². The third kappa shape index (κ3) is 1.59. The Labute approximate surface area is 77.5 Å². The molecule has 0 amide bonds. The minimum atomic E-state index is 0.784. The highest BCUT2D eigenvalue weighted by Gasteiger charge is 2.08. The van der Waals surface area contributed by atoms with Crippen LogP contribution in [0, 0.1) is 0 Å². The molecule has 2 rings (SSSR count). The molecule has 2 aliphatic carbocycles. The van der Waals surface area contributed by atoms with Crippen molar-refractivity contribution in [1.82, 2.24) is 0 Å². The number of hydrogen-bond acceptors (Lipinski definition) is 1. The molecule has 1 heteroatoms. The van der Waals surface area contributed by atoms with Gasteiger partial charge in [0.05, 0.1) is 0 Å². The number of carbonyl (C=O) groups is 1. The van der Waals surface area contributed by atoms with Crippen molar-refractivity contribution in [1.29, 1.82) is 0 Å². The quantitative estimate of drug-likeness (QED) is 0.552. The summed E-state index contributed by atoms with van der Waals surface area (Å²) in [5.41, 5.74) is 3.12. The van der Waals surface area contributed by atoms with Crippen molar-refractivity contribution in [3.8, 4) is 0 Å². The summed E-state index contributed by atoms with van der Waals surface area (Å²) in [5.74, 6) is 0. The maximum Gasteiger partial charge on any atom is 0.150 e. The van der Waals surface area contributed by atoms with Crippen LogP contribution in [0.4, 0.5) is 0 Å². The lowest BCUT2D eigenvalue weighted by molar-refractivity contribution is -0.104. The summed E-state index contributed by atoms with van der Waals surface area (Å²) in [5, 5.41) is 0. The molecule has 0 aliphatic heterocycles. The van der Waals surface area contributed by atoms with Crippen molar-refractivity contribution >= 4 is 6.29 Å². The Morgan fingerprint density at radius 3 is 2.77 bits per heavy atom. The van der Waals surface area contributed by atoms with E-state index in [0.29, 0.717) is 0 Å². The lowest BCUT2D eigenvalue weighted by Gasteiger charge is -2.02. The summed E-state index contributed by atoms with van der Waals surface area (Å²) in [4.78, 5) is 10.7. The summed E-state index contributed by atoms with van der Waals surface area (Å²) < 4.78 is 0. The molecular weight excluding hydrogens is 160 g/mol. The first-order chi connectivity index (χ1) is 6.40. The van der Waals surface area contributed by atoms with E-state index in [2.05, 4.69) is 6.08 Å². The van der Waals surface area contributed by atoms with Crippen LogP contribution < -0.4 is 0 Å². The normalized spacial score (nSPS) is 19.5. The molecule has 0 atom stereocenters. The van der Waals surface area contributed by atoms with Crippen molar-refractivity contribution in [2.75, 3.05) is 0 Å². The second kappa shape index (κ2) is 3.40. The molecule has 0 N–H and O–H groups in total. The zero-order chi connectivity index (χ0) is 9.10. The zero-order valence-electron chi connectivity index (χ0n) is 7.23. The molecule has 13 heavy (non-hydrogen) atoms. The molecule has 0 fully saturated rings. The molecule has 0 aromatic carbocycles. The molecule has 0 saturated carbocycles. The number of aldehydes is 1. The standard InChI is InChI=1S/C12H10O/c13-9-12-7-3-5-10-4-1-2-6-11(12)8-10/h1-7,9H,8H2. The Kier molecular flexibility index (Phi) is 2.09. The zero-order valence-corrected chi connectivity index (χ0v) is 7.23. The monoisotopic (exact) mass is 170 g/mol. The molecule has 0 unspecified atom stereocenters. The van der Waals surface area contributed by atoms with E-state index in [0.717, 1.165) is 23.9 Å². The summed E-state index contributed by atoms with van der Waals surface area (Å²) in [6.45, 7) is 0. The van der Waals surface area contributed by atoms with Crippen LogP contribution >= 0.6 is 0 Å². The van der Waals surface area contributed by atoms with E-state index in [1.165, 1.54) is 5.57 Å². The van der Waals surface area contributed by atoms with Gasteiger partial charge in [0.15, 0.2) is 0 Å². The molecule has 2 bridgehead atoms. The van der Waals surface area contributed by atoms with Crippen molar-refractivity contribution in [3.05, 3.63) is 59.3 Å². The summed E-state index contributed by atoms with van der Waals surface area (Å²) in [7, 11) is 0. The number of carbonyl (C=O) groups excluding carboxylic acids is 1. The summed E-state index contributed by atoms with van der Waals surface area (Å²) >= 11 is 0. The fraction of sp³-hybridized carbons (Fsp3) is 0.0833. The Bertz CT molecular complexity index is 376. The molecule has 0 heterocycles. The van der Waals surface area contributed by atoms with E-state index >= 15 is 0 Å². The van der Waals surface area contributed by atoms with Gasteiger partial charge in [0.25, 0.3) is 0 Å². The van der Waals surface area contributed by atoms with Gasteiger partial charge in [-0.15, -0.1) is 0 Å². The average Bonchev–Trinajstić information content (AvgIpc) is 2.49. The highest BCUT2D eigenvalue weighted by Crippen LogP contribution is 2.24.